The van der Waals surface area contributed by atoms with Gasteiger partial charge in [0.15, 0.2) is 4.90 Å². The maximum absolute atomic E-state index is 13.3. The number of nitrogens with zero attached hydrogens (tertiary/aromatic N) is 4. The summed E-state index contributed by atoms with van der Waals surface area (Å²) in [6, 6.07) is 20.3. The summed E-state index contributed by atoms with van der Waals surface area (Å²) < 4.78 is 22.8. The molecule has 6 rings (SSSR count). The first-order valence-corrected chi connectivity index (χ1v) is 14.6. The van der Waals surface area contributed by atoms with Crippen LogP contribution >= 0.6 is 0 Å². The Hall–Kier alpha value is -3.46. The number of anilines is 1. The Bertz CT molecular complexity index is 1430. The number of fused-ring (bicyclic) bond motifs is 5. The van der Waals surface area contributed by atoms with Gasteiger partial charge in [0.25, 0.3) is 5.95 Å². The molecule has 0 amide bonds. The monoisotopic (exact) mass is 539 g/mol. The third kappa shape index (κ3) is 5.93. The zero-order valence-electron chi connectivity index (χ0n) is 22.3. The van der Waals surface area contributed by atoms with E-state index in [4.69, 9.17) is 9.72 Å². The molecule has 0 spiro atoms. The van der Waals surface area contributed by atoms with Crippen molar-refractivity contribution in [3.63, 3.8) is 0 Å². The lowest BCUT2D eigenvalue weighted by atomic mass is 9.81. The quantitative estimate of drug-likeness (QED) is 0.351. The number of rotatable bonds is 3. The van der Waals surface area contributed by atoms with E-state index in [2.05, 4.69) is 63.8 Å². The highest BCUT2D eigenvalue weighted by Crippen LogP contribution is 2.33. The molecule has 8 heteroatoms. The second kappa shape index (κ2) is 11.3. The van der Waals surface area contributed by atoms with Crippen molar-refractivity contribution in [2.24, 2.45) is 11.8 Å². The summed E-state index contributed by atoms with van der Waals surface area (Å²) in [5.41, 5.74) is 6.47. The summed E-state index contributed by atoms with van der Waals surface area (Å²) in [6.07, 6.45) is 5.76. The maximum atomic E-state index is 13.3. The lowest BCUT2D eigenvalue weighted by Gasteiger charge is -2.38. The summed E-state index contributed by atoms with van der Waals surface area (Å²) in [4.78, 5) is 16.9. The van der Waals surface area contributed by atoms with Gasteiger partial charge in [-0.05, 0) is 79.6 Å². The second-order valence-corrected chi connectivity index (χ2v) is 11.8. The summed E-state index contributed by atoms with van der Waals surface area (Å²) in [6.45, 7) is 7.55. The van der Waals surface area contributed by atoms with Crippen molar-refractivity contribution in [3.8, 4) is 17.1 Å². The maximum Gasteiger partial charge on any atom is 0.269 e. The average molecular weight is 540 g/mol. The van der Waals surface area contributed by atoms with Gasteiger partial charge in [-0.2, -0.15) is 9.71 Å². The van der Waals surface area contributed by atoms with E-state index in [1.807, 2.05) is 42.7 Å². The molecule has 2 aromatic heterocycles. The van der Waals surface area contributed by atoms with Crippen molar-refractivity contribution >= 4 is 17.3 Å². The van der Waals surface area contributed by atoms with Crippen LogP contribution < -0.4 is 9.46 Å². The van der Waals surface area contributed by atoms with E-state index >= 15 is 0 Å². The Morgan fingerprint density at radius 1 is 1.03 bits per heavy atom. The van der Waals surface area contributed by atoms with Crippen molar-refractivity contribution in [1.82, 2.24) is 19.9 Å². The molecule has 4 bridgehead atoms. The highest BCUT2D eigenvalue weighted by molar-refractivity contribution is 7.92. The molecule has 1 fully saturated rings. The van der Waals surface area contributed by atoms with Crippen LogP contribution in [0.1, 0.15) is 28.7 Å². The molecule has 0 saturated carbocycles. The number of ether oxygens (including phenoxy) is 1. The molecular formula is C31H33N5O2S. The lowest BCUT2D eigenvalue weighted by molar-refractivity contribution is 0.0746. The summed E-state index contributed by atoms with van der Waals surface area (Å²) in [5.74, 6) is 1.56. The van der Waals surface area contributed by atoms with E-state index in [9.17, 15) is 4.55 Å². The minimum atomic E-state index is -1.50. The van der Waals surface area contributed by atoms with Crippen molar-refractivity contribution in [3.05, 3.63) is 95.3 Å². The Labute approximate surface area is 233 Å². The number of aryl methyl sites for hydroxylation is 2. The number of nitrogens with one attached hydrogen (secondary N) is 1. The minimum absolute atomic E-state index is 0.298. The van der Waals surface area contributed by atoms with Gasteiger partial charge in [0.2, 0.25) is 5.88 Å². The van der Waals surface area contributed by atoms with Crippen LogP contribution in [0, 0.1) is 25.7 Å². The van der Waals surface area contributed by atoms with Gasteiger partial charge in [0.1, 0.15) is 11.4 Å². The van der Waals surface area contributed by atoms with Crippen LogP contribution in [0.25, 0.3) is 11.3 Å². The average Bonchev–Trinajstić information content (AvgIpc) is 2.93. The van der Waals surface area contributed by atoms with E-state index < -0.39 is 11.4 Å². The van der Waals surface area contributed by atoms with Gasteiger partial charge in [-0.25, -0.2) is 4.98 Å². The molecule has 2 aliphatic rings. The predicted octanol–water partition coefficient (Wildman–Crippen LogP) is 5.36. The van der Waals surface area contributed by atoms with Crippen molar-refractivity contribution in [1.29, 1.82) is 0 Å². The number of likely N-dealkylation sites (tertiary alicyclic amines) is 1. The fourth-order valence-corrected chi connectivity index (χ4v) is 6.66. The molecule has 1 N–H and O–H groups in total. The Morgan fingerprint density at radius 2 is 1.87 bits per heavy atom. The normalized spacial score (nSPS) is 21.4. The molecule has 4 aromatic rings. The van der Waals surface area contributed by atoms with Crippen LogP contribution in [-0.4, -0.2) is 44.1 Å². The van der Waals surface area contributed by atoms with Crippen LogP contribution in [0.3, 0.4) is 0 Å². The van der Waals surface area contributed by atoms with Gasteiger partial charge < -0.3 is 9.29 Å². The molecule has 39 heavy (non-hydrogen) atoms. The number of aromatic nitrogens is 3. The van der Waals surface area contributed by atoms with E-state index in [0.717, 1.165) is 59.8 Å². The predicted molar refractivity (Wildman–Crippen MR) is 154 cm³/mol. The summed E-state index contributed by atoms with van der Waals surface area (Å²) in [7, 11) is 0. The number of hydrogen-bond acceptors (Lipinski definition) is 7. The van der Waals surface area contributed by atoms with Gasteiger partial charge in [0, 0.05) is 43.0 Å². The molecule has 3 atom stereocenters. The summed E-state index contributed by atoms with van der Waals surface area (Å²) in [5, 5.41) is 0. The minimum Gasteiger partial charge on any atom is -0.588 e. The number of hydrogen-bond donors (Lipinski definition) is 1. The van der Waals surface area contributed by atoms with Gasteiger partial charge in [-0.3, -0.25) is 9.88 Å². The lowest BCUT2D eigenvalue weighted by Crippen LogP contribution is -2.43. The highest BCUT2D eigenvalue weighted by atomic mass is 32.2. The molecule has 2 aromatic carbocycles. The molecular weight excluding hydrogens is 506 g/mol. The van der Waals surface area contributed by atoms with E-state index in [1.165, 1.54) is 11.1 Å². The summed E-state index contributed by atoms with van der Waals surface area (Å²) >= 11 is -1.50. The number of benzene rings is 2. The first-order chi connectivity index (χ1) is 19.0. The molecule has 2 aliphatic heterocycles. The SMILES string of the molecule is Cc1cccc(C)c1-c1cc2nc(n1)N[S+]([O-])c1cccc(c1)CC1CCN(Cc3cccnc3)C[C@@H]1CO2. The molecule has 0 aliphatic carbocycles. The Kier molecular flexibility index (Phi) is 7.50. The molecule has 2 unspecified atom stereocenters. The fourth-order valence-electron chi connectivity index (χ4n) is 5.82. The third-order valence-corrected chi connectivity index (χ3v) is 8.83. The molecule has 200 valence electrons. The highest BCUT2D eigenvalue weighted by Gasteiger charge is 2.31. The molecule has 0 radical (unpaired) electrons. The van der Waals surface area contributed by atoms with Crippen LogP contribution in [0.2, 0.25) is 0 Å². The topological polar surface area (TPSA) is 86.2 Å². The standard InChI is InChI=1S/C31H33N5O2S/c1-21-6-3-7-22(2)30(21)28-16-29-34-31(33-28)35-39(37)27-10-4-8-23(15-27)14-25-11-13-36(19-26(25)20-38-29)18-24-9-5-12-32-17-24/h3-10,12,15-17,25-26H,11,13-14,18-20H2,1-2H3,(H,33,34,35)/t25?,26-,39?/m1/s1. The number of piperidine rings is 1. The van der Waals surface area contributed by atoms with Gasteiger partial charge in [0.05, 0.1) is 12.3 Å². The molecule has 4 heterocycles. The van der Waals surface area contributed by atoms with Crippen LogP contribution in [0.4, 0.5) is 5.95 Å². The number of pyridine rings is 1. The smallest absolute Gasteiger partial charge is 0.269 e. The van der Waals surface area contributed by atoms with Crippen LogP contribution in [0.15, 0.2) is 78.0 Å². The van der Waals surface area contributed by atoms with Crippen molar-refractivity contribution < 1.29 is 9.29 Å². The van der Waals surface area contributed by atoms with Crippen LogP contribution in [-0.2, 0) is 24.3 Å². The Balaban J connectivity index is 1.35. The Morgan fingerprint density at radius 3 is 2.69 bits per heavy atom. The van der Waals surface area contributed by atoms with E-state index in [0.29, 0.717) is 30.3 Å². The zero-order valence-corrected chi connectivity index (χ0v) is 23.2. The van der Waals surface area contributed by atoms with Crippen molar-refractivity contribution in [2.45, 2.75) is 38.1 Å². The van der Waals surface area contributed by atoms with Gasteiger partial charge >= 0.3 is 0 Å². The zero-order chi connectivity index (χ0) is 26.8. The first kappa shape index (κ1) is 25.8. The first-order valence-electron chi connectivity index (χ1n) is 13.5. The second-order valence-electron chi connectivity index (χ2n) is 10.6. The molecule has 7 nitrogen and oxygen atoms in total. The largest absolute Gasteiger partial charge is 0.588 e. The molecule has 1 saturated heterocycles. The van der Waals surface area contributed by atoms with E-state index in [-0.39, 0.29) is 0 Å². The van der Waals surface area contributed by atoms with E-state index in [1.54, 1.807) is 0 Å². The fraction of sp³-hybridized carbons (Fsp3) is 0.323. The van der Waals surface area contributed by atoms with Crippen molar-refractivity contribution in [2.75, 3.05) is 24.4 Å². The van der Waals surface area contributed by atoms with Crippen LogP contribution in [0.5, 0.6) is 5.88 Å². The van der Waals surface area contributed by atoms with Gasteiger partial charge in [-0.15, -0.1) is 0 Å². The third-order valence-electron chi connectivity index (χ3n) is 7.78. The van der Waals surface area contributed by atoms with Gasteiger partial charge in [-0.1, -0.05) is 36.4 Å².